The first kappa shape index (κ1) is 19.7. The summed E-state index contributed by atoms with van der Waals surface area (Å²) in [6.45, 7) is 11.6. The molecule has 0 aliphatic rings. The van der Waals surface area contributed by atoms with Crippen molar-refractivity contribution in [3.05, 3.63) is 64.2 Å². The normalized spacial score (nSPS) is 12.0. The first-order chi connectivity index (χ1) is 12.2. The van der Waals surface area contributed by atoms with Crippen molar-refractivity contribution < 1.29 is 14.3 Å². The Kier molecular flexibility index (Phi) is 6.19. The number of hydrogen-bond acceptors (Lipinski definition) is 3. The predicted molar refractivity (Wildman–Crippen MR) is 105 cm³/mol. The fourth-order valence-electron chi connectivity index (χ4n) is 2.72. The van der Waals surface area contributed by atoms with Gasteiger partial charge in [0.2, 0.25) is 0 Å². The number of esters is 1. The number of rotatable bonds is 5. The lowest BCUT2D eigenvalue weighted by atomic mass is 9.98. The molecule has 2 rings (SSSR count). The predicted octanol–water partition coefficient (Wildman–Crippen LogP) is 4.92. The van der Waals surface area contributed by atoms with Gasteiger partial charge in [-0.3, -0.25) is 4.79 Å². The number of benzene rings is 2. The Balaban J connectivity index is 2.11. The molecule has 0 saturated heterocycles. The molecule has 4 nitrogen and oxygen atoms in total. The molecule has 1 amide bonds. The highest BCUT2D eigenvalue weighted by atomic mass is 16.5. The molecule has 1 atom stereocenters. The van der Waals surface area contributed by atoms with Crippen LogP contribution in [0.3, 0.4) is 0 Å². The van der Waals surface area contributed by atoms with E-state index < -0.39 is 12.1 Å². The molecule has 138 valence electrons. The van der Waals surface area contributed by atoms with E-state index in [0.717, 1.165) is 27.9 Å². The van der Waals surface area contributed by atoms with Crippen molar-refractivity contribution in [2.24, 2.45) is 0 Å². The number of ether oxygens (including phenoxy) is 1. The van der Waals surface area contributed by atoms with Gasteiger partial charge in [-0.2, -0.15) is 0 Å². The standard InChI is InChI=1S/C22H27NO3/c1-13(2)19-9-7-8-15(4)20(19)23-21(24)17(6)26-22(25)18-11-10-14(3)16(5)12-18/h7-13,17H,1-6H3,(H,23,24)/t17-/m0/s1. The summed E-state index contributed by atoms with van der Waals surface area (Å²) >= 11 is 0. The van der Waals surface area contributed by atoms with Gasteiger partial charge >= 0.3 is 5.97 Å². The summed E-state index contributed by atoms with van der Waals surface area (Å²) in [4.78, 5) is 24.9. The minimum absolute atomic E-state index is 0.276. The van der Waals surface area contributed by atoms with Crippen LogP contribution in [-0.4, -0.2) is 18.0 Å². The van der Waals surface area contributed by atoms with Crippen LogP contribution in [0.1, 0.15) is 59.3 Å². The third kappa shape index (κ3) is 4.51. The summed E-state index contributed by atoms with van der Waals surface area (Å²) in [7, 11) is 0. The van der Waals surface area contributed by atoms with Crippen LogP contribution in [0.25, 0.3) is 0 Å². The summed E-state index contributed by atoms with van der Waals surface area (Å²) in [6.07, 6.45) is -0.885. The zero-order valence-corrected chi connectivity index (χ0v) is 16.3. The van der Waals surface area contributed by atoms with Gasteiger partial charge < -0.3 is 10.1 Å². The van der Waals surface area contributed by atoms with E-state index in [-0.39, 0.29) is 11.8 Å². The lowest BCUT2D eigenvalue weighted by Gasteiger charge is -2.19. The Bertz CT molecular complexity index is 824. The zero-order chi connectivity index (χ0) is 19.4. The maximum absolute atomic E-state index is 12.5. The molecule has 0 heterocycles. The molecule has 26 heavy (non-hydrogen) atoms. The quantitative estimate of drug-likeness (QED) is 0.776. The number of aryl methyl sites for hydroxylation is 3. The fraction of sp³-hybridized carbons (Fsp3) is 0.364. The Labute approximate surface area is 155 Å². The van der Waals surface area contributed by atoms with Crippen LogP contribution in [0.4, 0.5) is 5.69 Å². The van der Waals surface area contributed by atoms with Crippen molar-refractivity contribution in [3.63, 3.8) is 0 Å². The maximum Gasteiger partial charge on any atom is 0.338 e. The van der Waals surface area contributed by atoms with E-state index in [1.54, 1.807) is 19.1 Å². The first-order valence-electron chi connectivity index (χ1n) is 8.89. The van der Waals surface area contributed by atoms with E-state index in [0.29, 0.717) is 5.56 Å². The number of carbonyl (C=O) groups is 2. The highest BCUT2D eigenvalue weighted by Crippen LogP contribution is 2.27. The minimum Gasteiger partial charge on any atom is -0.449 e. The average Bonchev–Trinajstić information content (AvgIpc) is 2.58. The monoisotopic (exact) mass is 353 g/mol. The van der Waals surface area contributed by atoms with E-state index in [1.165, 1.54) is 0 Å². The number of anilines is 1. The number of carbonyl (C=O) groups excluding carboxylic acids is 2. The van der Waals surface area contributed by atoms with E-state index in [9.17, 15) is 9.59 Å². The molecular weight excluding hydrogens is 326 g/mol. The lowest BCUT2D eigenvalue weighted by Crippen LogP contribution is -2.30. The fourth-order valence-corrected chi connectivity index (χ4v) is 2.72. The molecule has 0 saturated carbocycles. The van der Waals surface area contributed by atoms with Crippen molar-refractivity contribution in [1.29, 1.82) is 0 Å². The third-order valence-corrected chi connectivity index (χ3v) is 4.57. The van der Waals surface area contributed by atoms with Crippen molar-refractivity contribution in [2.45, 2.75) is 53.6 Å². The minimum atomic E-state index is -0.885. The summed E-state index contributed by atoms with van der Waals surface area (Å²) in [5.41, 5.74) is 5.41. The molecule has 2 aromatic carbocycles. The summed E-state index contributed by atoms with van der Waals surface area (Å²) in [5.74, 6) is -0.554. The molecule has 0 spiro atoms. The van der Waals surface area contributed by atoms with E-state index in [1.807, 2.05) is 45.0 Å². The summed E-state index contributed by atoms with van der Waals surface area (Å²) in [6, 6.07) is 11.3. The largest absolute Gasteiger partial charge is 0.449 e. The molecule has 4 heteroatoms. The van der Waals surface area contributed by atoms with Gasteiger partial charge in [-0.05, 0) is 68.0 Å². The molecule has 0 bridgehead atoms. The topological polar surface area (TPSA) is 55.4 Å². The van der Waals surface area contributed by atoms with Crippen LogP contribution >= 0.6 is 0 Å². The first-order valence-corrected chi connectivity index (χ1v) is 8.89. The Morgan fingerprint density at radius 1 is 0.923 bits per heavy atom. The van der Waals surface area contributed by atoms with Crippen LogP contribution in [0.15, 0.2) is 36.4 Å². The van der Waals surface area contributed by atoms with Gasteiger partial charge in [-0.15, -0.1) is 0 Å². The molecule has 2 aromatic rings. The third-order valence-electron chi connectivity index (χ3n) is 4.57. The highest BCUT2D eigenvalue weighted by Gasteiger charge is 2.21. The van der Waals surface area contributed by atoms with Gasteiger partial charge in [-0.1, -0.05) is 38.1 Å². The Hall–Kier alpha value is -2.62. The second kappa shape index (κ2) is 8.17. The molecule has 0 aliphatic heterocycles. The van der Waals surface area contributed by atoms with Crippen molar-refractivity contribution in [3.8, 4) is 0 Å². The van der Waals surface area contributed by atoms with Gasteiger partial charge in [0.25, 0.3) is 5.91 Å². The molecule has 0 radical (unpaired) electrons. The van der Waals surface area contributed by atoms with Crippen molar-refractivity contribution >= 4 is 17.6 Å². The summed E-state index contributed by atoms with van der Waals surface area (Å²) < 4.78 is 5.35. The SMILES string of the molecule is Cc1ccc(C(=O)O[C@@H](C)C(=O)Nc2c(C)cccc2C(C)C)cc1C. The van der Waals surface area contributed by atoms with Crippen molar-refractivity contribution in [1.82, 2.24) is 0 Å². The number of nitrogens with one attached hydrogen (secondary N) is 1. The zero-order valence-electron chi connectivity index (χ0n) is 16.3. The van der Waals surface area contributed by atoms with E-state index in [4.69, 9.17) is 4.74 Å². The molecule has 0 fully saturated rings. The van der Waals surface area contributed by atoms with Crippen LogP contribution in [-0.2, 0) is 9.53 Å². The average molecular weight is 353 g/mol. The maximum atomic E-state index is 12.5. The molecular formula is C22H27NO3. The molecule has 0 unspecified atom stereocenters. The van der Waals surface area contributed by atoms with Gasteiger partial charge in [0, 0.05) is 5.69 Å². The van der Waals surface area contributed by atoms with E-state index >= 15 is 0 Å². The van der Waals surface area contributed by atoms with Crippen LogP contribution in [0, 0.1) is 20.8 Å². The number of para-hydroxylation sites is 1. The van der Waals surface area contributed by atoms with Crippen LogP contribution in [0.2, 0.25) is 0 Å². The highest BCUT2D eigenvalue weighted by molar-refractivity contribution is 5.98. The molecule has 1 N–H and O–H groups in total. The second-order valence-electron chi connectivity index (χ2n) is 7.03. The number of hydrogen-bond donors (Lipinski definition) is 1. The van der Waals surface area contributed by atoms with Crippen molar-refractivity contribution in [2.75, 3.05) is 5.32 Å². The second-order valence-corrected chi connectivity index (χ2v) is 7.03. The number of amides is 1. The van der Waals surface area contributed by atoms with Crippen LogP contribution < -0.4 is 5.32 Å². The lowest BCUT2D eigenvalue weighted by molar-refractivity contribution is -0.123. The van der Waals surface area contributed by atoms with Gasteiger partial charge in [-0.25, -0.2) is 4.79 Å². The smallest absolute Gasteiger partial charge is 0.338 e. The Morgan fingerprint density at radius 3 is 2.23 bits per heavy atom. The van der Waals surface area contributed by atoms with Crippen LogP contribution in [0.5, 0.6) is 0 Å². The van der Waals surface area contributed by atoms with Gasteiger partial charge in [0.1, 0.15) is 0 Å². The van der Waals surface area contributed by atoms with Gasteiger partial charge in [0.15, 0.2) is 6.10 Å². The Morgan fingerprint density at radius 2 is 1.62 bits per heavy atom. The molecule has 0 aliphatic carbocycles. The molecule has 0 aromatic heterocycles. The van der Waals surface area contributed by atoms with E-state index in [2.05, 4.69) is 19.2 Å². The van der Waals surface area contributed by atoms with Gasteiger partial charge in [0.05, 0.1) is 5.56 Å². The summed E-state index contributed by atoms with van der Waals surface area (Å²) in [5, 5.41) is 2.92.